The number of ether oxygens (including phenoxy) is 1. The van der Waals surface area contributed by atoms with Gasteiger partial charge >= 0.3 is 5.97 Å². The molecule has 1 aliphatic rings. The van der Waals surface area contributed by atoms with Crippen molar-refractivity contribution < 1.29 is 23.9 Å². The molecule has 1 N–H and O–H groups in total. The first-order chi connectivity index (χ1) is 16.8. The number of carbonyl (C=O) groups excluding carboxylic acids is 4. The Morgan fingerprint density at radius 2 is 1.57 bits per heavy atom. The zero-order valence-electron chi connectivity index (χ0n) is 19.2. The quantitative estimate of drug-likeness (QED) is 0.418. The van der Waals surface area contributed by atoms with Crippen LogP contribution in [0.15, 0.2) is 54.6 Å². The summed E-state index contributed by atoms with van der Waals surface area (Å²) in [5.74, 6) is -1.99. The average molecular weight is 470 g/mol. The van der Waals surface area contributed by atoms with Crippen LogP contribution in [0.4, 0.5) is 5.82 Å². The highest BCUT2D eigenvalue weighted by Crippen LogP contribution is 2.30. The second kappa shape index (κ2) is 9.65. The number of nitrogens with one attached hydrogen (secondary N) is 1. The first-order valence-electron chi connectivity index (χ1n) is 10.9. The molecule has 9 nitrogen and oxygen atoms in total. The fourth-order valence-electron chi connectivity index (χ4n) is 3.99. The predicted molar refractivity (Wildman–Crippen MR) is 126 cm³/mol. The van der Waals surface area contributed by atoms with E-state index in [9.17, 15) is 24.4 Å². The molecule has 0 saturated heterocycles. The van der Waals surface area contributed by atoms with Crippen molar-refractivity contribution in [1.82, 2.24) is 9.47 Å². The van der Waals surface area contributed by atoms with Crippen LogP contribution < -0.4 is 5.32 Å². The average Bonchev–Trinajstić information content (AvgIpc) is 3.25. The van der Waals surface area contributed by atoms with Crippen LogP contribution >= 0.6 is 0 Å². The zero-order chi connectivity index (χ0) is 25.1. The fourth-order valence-corrected chi connectivity index (χ4v) is 3.99. The Morgan fingerprint density at radius 3 is 2.17 bits per heavy atom. The summed E-state index contributed by atoms with van der Waals surface area (Å²) in [6.07, 6.45) is -0.249. The lowest BCUT2D eigenvalue weighted by molar-refractivity contribution is -0.147. The summed E-state index contributed by atoms with van der Waals surface area (Å²) < 4.78 is 6.81. The number of nitriles is 1. The van der Waals surface area contributed by atoms with Gasteiger partial charge in [-0.15, -0.1) is 0 Å². The Morgan fingerprint density at radius 1 is 0.971 bits per heavy atom. The fraction of sp³-hybridized carbons (Fsp3) is 0.192. The van der Waals surface area contributed by atoms with Gasteiger partial charge in [0.15, 0.2) is 6.61 Å². The van der Waals surface area contributed by atoms with Crippen LogP contribution in [0, 0.1) is 25.2 Å². The Bertz CT molecular complexity index is 1350. The summed E-state index contributed by atoms with van der Waals surface area (Å²) in [7, 11) is 0. The van der Waals surface area contributed by atoms with Crippen LogP contribution in [0.25, 0.3) is 5.69 Å². The van der Waals surface area contributed by atoms with E-state index in [2.05, 4.69) is 11.4 Å². The number of anilines is 1. The zero-order valence-corrected chi connectivity index (χ0v) is 19.2. The lowest BCUT2D eigenvalue weighted by Crippen LogP contribution is -2.32. The molecule has 4 rings (SSSR count). The summed E-state index contributed by atoms with van der Waals surface area (Å²) in [5.41, 5.74) is 3.20. The molecule has 1 aliphatic heterocycles. The van der Waals surface area contributed by atoms with Gasteiger partial charge in [0.1, 0.15) is 11.9 Å². The van der Waals surface area contributed by atoms with E-state index in [4.69, 9.17) is 4.74 Å². The molecule has 0 unspecified atom stereocenters. The van der Waals surface area contributed by atoms with Gasteiger partial charge in [-0.25, -0.2) is 0 Å². The third kappa shape index (κ3) is 4.42. The van der Waals surface area contributed by atoms with Crippen LogP contribution in [-0.4, -0.2) is 46.3 Å². The maximum Gasteiger partial charge on any atom is 0.308 e. The van der Waals surface area contributed by atoms with Crippen molar-refractivity contribution in [2.75, 3.05) is 18.5 Å². The maximum atomic E-state index is 12.6. The second-order valence-electron chi connectivity index (χ2n) is 7.98. The van der Waals surface area contributed by atoms with E-state index in [1.165, 1.54) is 0 Å². The van der Waals surface area contributed by atoms with Crippen LogP contribution in [0.5, 0.6) is 0 Å². The third-order valence-corrected chi connectivity index (χ3v) is 5.88. The van der Waals surface area contributed by atoms with Crippen LogP contribution in [0.2, 0.25) is 0 Å². The van der Waals surface area contributed by atoms with E-state index < -0.39 is 30.3 Å². The van der Waals surface area contributed by atoms with E-state index in [1.54, 1.807) is 35.8 Å². The minimum absolute atomic E-state index is 0.152. The molecule has 2 aromatic carbocycles. The summed E-state index contributed by atoms with van der Waals surface area (Å²) in [5, 5.41) is 12.3. The lowest BCUT2D eigenvalue weighted by atomic mass is 10.1. The SMILES string of the molecule is Cc1c(C#N)c(NC(=O)COC(=O)CCN2C(=O)c3ccccc3C2=O)n(-c2ccccc2)c1C. The highest BCUT2D eigenvalue weighted by atomic mass is 16.5. The normalized spacial score (nSPS) is 12.3. The second-order valence-corrected chi connectivity index (χ2v) is 7.98. The number of rotatable bonds is 7. The first kappa shape index (κ1) is 23.4. The largest absolute Gasteiger partial charge is 0.456 e. The van der Waals surface area contributed by atoms with E-state index in [1.807, 2.05) is 37.3 Å². The third-order valence-electron chi connectivity index (χ3n) is 5.88. The molecule has 0 saturated carbocycles. The maximum absolute atomic E-state index is 12.6. The number of imide groups is 1. The summed E-state index contributed by atoms with van der Waals surface area (Å²) in [6, 6.07) is 17.8. The lowest BCUT2D eigenvalue weighted by Gasteiger charge is -2.14. The van der Waals surface area contributed by atoms with Crippen LogP contribution in [-0.2, 0) is 14.3 Å². The summed E-state index contributed by atoms with van der Waals surface area (Å²) in [4.78, 5) is 50.5. The van der Waals surface area contributed by atoms with Gasteiger partial charge in [0.05, 0.1) is 23.1 Å². The highest BCUT2D eigenvalue weighted by Gasteiger charge is 2.35. The molecule has 0 aliphatic carbocycles. The van der Waals surface area contributed by atoms with Crippen molar-refractivity contribution in [3.05, 3.63) is 82.5 Å². The molecule has 0 fully saturated rings. The van der Waals surface area contributed by atoms with Crippen LogP contribution in [0.1, 0.15) is 44.0 Å². The molecule has 0 radical (unpaired) electrons. The monoisotopic (exact) mass is 470 g/mol. The molecule has 35 heavy (non-hydrogen) atoms. The molecular weight excluding hydrogens is 448 g/mol. The van der Waals surface area contributed by atoms with E-state index in [0.29, 0.717) is 22.5 Å². The number of carbonyl (C=O) groups is 4. The molecule has 0 bridgehead atoms. The smallest absolute Gasteiger partial charge is 0.308 e. The predicted octanol–water partition coefficient (Wildman–Crippen LogP) is 3.13. The molecule has 9 heteroatoms. The number of fused-ring (bicyclic) bond motifs is 1. The topological polar surface area (TPSA) is 122 Å². The molecule has 0 spiro atoms. The van der Waals surface area contributed by atoms with Crippen LogP contribution in [0.3, 0.4) is 0 Å². The standard InChI is InChI=1S/C26H22N4O5/c1-16-17(2)30(18-8-4-3-5-9-18)24(21(16)14-27)28-22(31)15-35-23(32)12-13-29-25(33)19-10-6-7-11-20(19)26(29)34/h3-11H,12-13,15H2,1-2H3,(H,28,31). The molecule has 0 atom stereocenters. The molecule has 176 valence electrons. The number of aromatic nitrogens is 1. The van der Waals surface area contributed by atoms with Crippen molar-refractivity contribution in [3.63, 3.8) is 0 Å². The summed E-state index contributed by atoms with van der Waals surface area (Å²) >= 11 is 0. The van der Waals surface area contributed by atoms with Crippen molar-refractivity contribution in [1.29, 1.82) is 5.26 Å². The number of nitrogens with zero attached hydrogens (tertiary/aromatic N) is 3. The number of amides is 3. The van der Waals surface area contributed by atoms with Gasteiger partial charge in [-0.2, -0.15) is 5.26 Å². The Labute approximate surface area is 201 Å². The first-order valence-corrected chi connectivity index (χ1v) is 10.9. The minimum atomic E-state index is -0.733. The number of benzene rings is 2. The van der Waals surface area contributed by atoms with E-state index in [0.717, 1.165) is 21.8 Å². The minimum Gasteiger partial charge on any atom is -0.456 e. The van der Waals surface area contributed by atoms with Crippen molar-refractivity contribution >= 4 is 29.5 Å². The molecule has 3 amide bonds. The van der Waals surface area contributed by atoms with Gasteiger partial charge in [-0.1, -0.05) is 30.3 Å². The number of para-hydroxylation sites is 1. The number of hydrogen-bond donors (Lipinski definition) is 1. The Hall–Kier alpha value is -4.71. The Balaban J connectivity index is 1.38. The van der Waals surface area contributed by atoms with E-state index >= 15 is 0 Å². The van der Waals surface area contributed by atoms with Crippen molar-refractivity contribution in [2.45, 2.75) is 20.3 Å². The van der Waals surface area contributed by atoms with Gasteiger partial charge in [0.25, 0.3) is 17.7 Å². The van der Waals surface area contributed by atoms with Gasteiger partial charge < -0.3 is 10.1 Å². The van der Waals surface area contributed by atoms with E-state index in [-0.39, 0.29) is 13.0 Å². The van der Waals surface area contributed by atoms with Gasteiger partial charge in [-0.3, -0.25) is 28.6 Å². The summed E-state index contributed by atoms with van der Waals surface area (Å²) in [6.45, 7) is 2.91. The molecule has 2 heterocycles. The number of hydrogen-bond acceptors (Lipinski definition) is 6. The van der Waals surface area contributed by atoms with Crippen molar-refractivity contribution in [3.8, 4) is 11.8 Å². The van der Waals surface area contributed by atoms with Gasteiger partial charge in [-0.05, 0) is 43.7 Å². The Kier molecular flexibility index (Phi) is 6.46. The van der Waals surface area contributed by atoms with Gasteiger partial charge in [0.2, 0.25) is 0 Å². The van der Waals surface area contributed by atoms with Gasteiger partial charge in [0, 0.05) is 17.9 Å². The molecule has 1 aromatic heterocycles. The number of esters is 1. The van der Waals surface area contributed by atoms with Crippen molar-refractivity contribution in [2.24, 2.45) is 0 Å². The molecular formula is C26H22N4O5. The highest BCUT2D eigenvalue weighted by molar-refractivity contribution is 6.21. The molecule has 3 aromatic rings.